The zero-order chi connectivity index (χ0) is 13.1. The van der Waals surface area contributed by atoms with Gasteiger partial charge in [-0.05, 0) is 58.7 Å². The lowest BCUT2D eigenvalue weighted by Gasteiger charge is -2.07. The highest BCUT2D eigenvalue weighted by Crippen LogP contribution is 2.22. The molecular weight excluding hydrogens is 314 g/mol. The van der Waals surface area contributed by atoms with Gasteiger partial charge in [-0.3, -0.25) is 4.79 Å². The van der Waals surface area contributed by atoms with Crippen LogP contribution in [0.3, 0.4) is 0 Å². The molecule has 0 spiro atoms. The number of carbonyl (C=O) groups is 1. The maximum atomic E-state index is 12.1. The first-order chi connectivity index (χ1) is 8.56. The molecule has 1 amide bonds. The number of amides is 1. The summed E-state index contributed by atoms with van der Waals surface area (Å²) >= 11 is 9.17. The van der Waals surface area contributed by atoms with E-state index in [0.29, 0.717) is 15.1 Å². The molecule has 4 heteroatoms. The molecule has 0 saturated heterocycles. The van der Waals surface area contributed by atoms with Crippen molar-refractivity contribution in [1.29, 1.82) is 0 Å². The summed E-state index contributed by atoms with van der Waals surface area (Å²) in [5.41, 5.74) is 2.44. The van der Waals surface area contributed by atoms with E-state index in [1.165, 1.54) is 0 Å². The minimum Gasteiger partial charge on any atom is -0.322 e. The fraction of sp³-hybridized carbons (Fsp3) is 0.0714. The van der Waals surface area contributed by atoms with Gasteiger partial charge in [0.2, 0.25) is 0 Å². The van der Waals surface area contributed by atoms with Crippen molar-refractivity contribution in [2.24, 2.45) is 0 Å². The van der Waals surface area contributed by atoms with Crippen molar-refractivity contribution in [2.75, 3.05) is 5.32 Å². The van der Waals surface area contributed by atoms with Gasteiger partial charge in [-0.2, -0.15) is 0 Å². The van der Waals surface area contributed by atoms with E-state index >= 15 is 0 Å². The molecule has 0 heterocycles. The highest BCUT2D eigenvalue weighted by Gasteiger charge is 2.10. The van der Waals surface area contributed by atoms with E-state index in [4.69, 9.17) is 11.6 Å². The first-order valence-corrected chi connectivity index (χ1v) is 6.56. The summed E-state index contributed by atoms with van der Waals surface area (Å²) in [6, 6.07) is 12.7. The molecule has 0 radical (unpaired) electrons. The Morgan fingerprint density at radius 2 is 2.00 bits per heavy atom. The van der Waals surface area contributed by atoms with Crippen LogP contribution in [0.15, 0.2) is 46.9 Å². The number of aryl methyl sites for hydroxylation is 1. The lowest BCUT2D eigenvalue weighted by Crippen LogP contribution is -2.12. The number of hydrogen-bond donors (Lipinski definition) is 1. The quantitative estimate of drug-likeness (QED) is 0.855. The topological polar surface area (TPSA) is 29.1 Å². The van der Waals surface area contributed by atoms with Gasteiger partial charge in [-0.25, -0.2) is 0 Å². The van der Waals surface area contributed by atoms with Crippen LogP contribution in [0.1, 0.15) is 15.9 Å². The third kappa shape index (κ3) is 3.12. The molecule has 0 unspecified atom stereocenters. The zero-order valence-corrected chi connectivity index (χ0v) is 12.0. The van der Waals surface area contributed by atoms with Gasteiger partial charge in [0.05, 0.1) is 5.56 Å². The molecule has 18 heavy (non-hydrogen) atoms. The summed E-state index contributed by atoms with van der Waals surface area (Å²) in [5.74, 6) is -0.163. The van der Waals surface area contributed by atoms with Gasteiger partial charge in [-0.1, -0.05) is 23.7 Å². The second-order valence-corrected chi connectivity index (χ2v) is 5.24. The van der Waals surface area contributed by atoms with E-state index in [-0.39, 0.29) is 5.91 Å². The lowest BCUT2D eigenvalue weighted by molar-refractivity contribution is 0.102. The number of nitrogens with one attached hydrogen (secondary N) is 1. The molecule has 0 aliphatic heterocycles. The molecule has 0 fully saturated rings. The number of anilines is 1. The average molecular weight is 325 g/mol. The van der Waals surface area contributed by atoms with Crippen LogP contribution in [0.4, 0.5) is 5.69 Å². The van der Waals surface area contributed by atoms with Crippen molar-refractivity contribution >= 4 is 39.1 Å². The maximum Gasteiger partial charge on any atom is 0.256 e. The zero-order valence-electron chi connectivity index (χ0n) is 9.71. The first-order valence-electron chi connectivity index (χ1n) is 5.39. The van der Waals surface area contributed by atoms with Gasteiger partial charge in [0.25, 0.3) is 5.91 Å². The van der Waals surface area contributed by atoms with Crippen molar-refractivity contribution in [2.45, 2.75) is 6.92 Å². The highest BCUT2D eigenvalue weighted by molar-refractivity contribution is 9.10. The minimum atomic E-state index is -0.163. The fourth-order valence-electron chi connectivity index (χ4n) is 1.59. The first kappa shape index (κ1) is 13.1. The Morgan fingerprint density at radius 3 is 2.67 bits per heavy atom. The number of hydrogen-bond acceptors (Lipinski definition) is 1. The lowest BCUT2D eigenvalue weighted by atomic mass is 10.2. The van der Waals surface area contributed by atoms with E-state index in [9.17, 15) is 4.79 Å². The molecule has 0 saturated carbocycles. The van der Waals surface area contributed by atoms with Gasteiger partial charge in [0.15, 0.2) is 0 Å². The molecule has 2 rings (SSSR count). The van der Waals surface area contributed by atoms with Crippen LogP contribution < -0.4 is 5.32 Å². The van der Waals surface area contributed by atoms with Crippen LogP contribution >= 0.6 is 27.5 Å². The van der Waals surface area contributed by atoms with Crippen LogP contribution in [-0.4, -0.2) is 5.91 Å². The Balaban J connectivity index is 2.22. The van der Waals surface area contributed by atoms with E-state index in [1.54, 1.807) is 18.2 Å². The van der Waals surface area contributed by atoms with Crippen LogP contribution in [0, 0.1) is 6.92 Å². The van der Waals surface area contributed by atoms with Crippen molar-refractivity contribution in [3.63, 3.8) is 0 Å². The Labute approximate surface area is 119 Å². The SMILES string of the molecule is Cc1cccc(NC(=O)c2ccc(Cl)cc2Br)c1. The smallest absolute Gasteiger partial charge is 0.256 e. The molecule has 0 aliphatic rings. The van der Waals surface area contributed by atoms with Gasteiger partial charge in [-0.15, -0.1) is 0 Å². The van der Waals surface area contributed by atoms with Crippen molar-refractivity contribution in [3.8, 4) is 0 Å². The summed E-state index contributed by atoms with van der Waals surface area (Å²) < 4.78 is 0.681. The molecule has 1 N–H and O–H groups in total. The molecule has 2 nitrogen and oxygen atoms in total. The normalized spacial score (nSPS) is 10.2. The van der Waals surface area contributed by atoms with E-state index in [2.05, 4.69) is 21.2 Å². The predicted octanol–water partition coefficient (Wildman–Crippen LogP) is 4.66. The van der Waals surface area contributed by atoms with Gasteiger partial charge in [0, 0.05) is 15.2 Å². The molecule has 0 atom stereocenters. The van der Waals surface area contributed by atoms with E-state index < -0.39 is 0 Å². The van der Waals surface area contributed by atoms with Gasteiger partial charge >= 0.3 is 0 Å². The van der Waals surface area contributed by atoms with Crippen LogP contribution in [0.25, 0.3) is 0 Å². The highest BCUT2D eigenvalue weighted by atomic mass is 79.9. The monoisotopic (exact) mass is 323 g/mol. The van der Waals surface area contributed by atoms with Crippen LogP contribution in [0.2, 0.25) is 5.02 Å². The fourth-order valence-corrected chi connectivity index (χ4v) is 2.46. The van der Waals surface area contributed by atoms with Crippen molar-refractivity contribution in [3.05, 3.63) is 63.1 Å². The molecule has 0 aromatic heterocycles. The molecule has 2 aromatic carbocycles. The van der Waals surface area contributed by atoms with Crippen molar-refractivity contribution < 1.29 is 4.79 Å². The van der Waals surface area contributed by atoms with Gasteiger partial charge < -0.3 is 5.32 Å². The van der Waals surface area contributed by atoms with Crippen molar-refractivity contribution in [1.82, 2.24) is 0 Å². The van der Waals surface area contributed by atoms with Crippen LogP contribution in [-0.2, 0) is 0 Å². The van der Waals surface area contributed by atoms with E-state index in [1.807, 2.05) is 31.2 Å². The van der Waals surface area contributed by atoms with E-state index in [0.717, 1.165) is 11.3 Å². The maximum absolute atomic E-state index is 12.1. The molecule has 0 bridgehead atoms. The average Bonchev–Trinajstić information content (AvgIpc) is 2.28. The summed E-state index contributed by atoms with van der Waals surface area (Å²) in [6.07, 6.45) is 0. The Kier molecular flexibility index (Phi) is 4.04. The Hall–Kier alpha value is -1.32. The third-order valence-corrected chi connectivity index (χ3v) is 3.34. The number of benzene rings is 2. The Bertz CT molecular complexity index is 598. The number of carbonyl (C=O) groups excluding carboxylic acids is 1. The Morgan fingerprint density at radius 1 is 1.22 bits per heavy atom. The van der Waals surface area contributed by atoms with Gasteiger partial charge in [0.1, 0.15) is 0 Å². The largest absolute Gasteiger partial charge is 0.322 e. The second kappa shape index (κ2) is 5.55. The molecule has 2 aromatic rings. The number of rotatable bonds is 2. The summed E-state index contributed by atoms with van der Waals surface area (Å²) in [7, 11) is 0. The molecule has 0 aliphatic carbocycles. The second-order valence-electron chi connectivity index (χ2n) is 3.95. The number of halogens is 2. The standard InChI is InChI=1S/C14H11BrClNO/c1-9-3-2-4-11(7-9)17-14(18)12-6-5-10(16)8-13(12)15/h2-8H,1H3,(H,17,18). The molecule has 92 valence electrons. The predicted molar refractivity (Wildman–Crippen MR) is 78.3 cm³/mol. The molecular formula is C14H11BrClNO. The minimum absolute atomic E-state index is 0.163. The summed E-state index contributed by atoms with van der Waals surface area (Å²) in [5, 5.41) is 3.44. The summed E-state index contributed by atoms with van der Waals surface area (Å²) in [6.45, 7) is 1.98. The van der Waals surface area contributed by atoms with Crippen LogP contribution in [0.5, 0.6) is 0 Å². The summed E-state index contributed by atoms with van der Waals surface area (Å²) in [4.78, 5) is 12.1. The third-order valence-electron chi connectivity index (χ3n) is 2.45.